The third-order valence-corrected chi connectivity index (χ3v) is 4.13. The van der Waals surface area contributed by atoms with E-state index in [1.54, 1.807) is 0 Å². The Kier molecular flexibility index (Phi) is 9.49. The fourth-order valence-electron chi connectivity index (χ4n) is 2.53. The minimum absolute atomic E-state index is 0.200. The second kappa shape index (κ2) is 11.1. The molecule has 0 spiro atoms. The van der Waals surface area contributed by atoms with Gasteiger partial charge < -0.3 is 4.74 Å². The molecule has 1 aromatic rings. The van der Waals surface area contributed by atoms with E-state index < -0.39 is 0 Å². The van der Waals surface area contributed by atoms with Crippen LogP contribution in [0.25, 0.3) is 0 Å². The summed E-state index contributed by atoms with van der Waals surface area (Å²) in [7, 11) is 0. The molecular formula is C19H32N2O2. The molecule has 23 heavy (non-hydrogen) atoms. The fraction of sp³-hybridized carbons (Fsp3) is 0.737. The maximum absolute atomic E-state index is 11.9. The van der Waals surface area contributed by atoms with E-state index >= 15 is 0 Å². The van der Waals surface area contributed by atoms with E-state index in [1.807, 2.05) is 20.8 Å². The Morgan fingerprint density at radius 1 is 0.783 bits per heavy atom. The summed E-state index contributed by atoms with van der Waals surface area (Å²) >= 11 is 0. The molecule has 1 aromatic heterocycles. The van der Waals surface area contributed by atoms with Gasteiger partial charge in [-0.15, -0.1) is 0 Å². The van der Waals surface area contributed by atoms with Crippen LogP contribution in [0.4, 0.5) is 0 Å². The van der Waals surface area contributed by atoms with Crippen molar-refractivity contribution in [1.82, 2.24) is 9.97 Å². The molecule has 0 radical (unpaired) electrons. The molecule has 0 saturated heterocycles. The lowest BCUT2D eigenvalue weighted by atomic mass is 10.1. The van der Waals surface area contributed by atoms with Crippen molar-refractivity contribution in [3.63, 3.8) is 0 Å². The standard InChI is InChI=1S/C19H32N2O2/c1-5-6-7-8-9-10-11-12-13-14-18(22)23-19-17(4)20-15(2)16(3)21-19/h5-14H2,1-4H3. The van der Waals surface area contributed by atoms with Gasteiger partial charge in [0.2, 0.25) is 5.88 Å². The van der Waals surface area contributed by atoms with Gasteiger partial charge in [0, 0.05) is 6.42 Å². The molecule has 4 heteroatoms. The average molecular weight is 320 g/mol. The molecule has 4 nitrogen and oxygen atoms in total. The van der Waals surface area contributed by atoms with Gasteiger partial charge in [0.25, 0.3) is 0 Å². The van der Waals surface area contributed by atoms with Gasteiger partial charge in [0.05, 0.1) is 11.4 Å². The van der Waals surface area contributed by atoms with E-state index in [9.17, 15) is 4.79 Å². The number of unbranched alkanes of at least 4 members (excludes halogenated alkanes) is 8. The zero-order valence-corrected chi connectivity index (χ0v) is 15.3. The van der Waals surface area contributed by atoms with Crippen LogP contribution in [-0.2, 0) is 4.79 Å². The molecule has 0 amide bonds. The minimum atomic E-state index is -0.200. The molecule has 0 aliphatic carbocycles. The third kappa shape index (κ3) is 8.10. The summed E-state index contributed by atoms with van der Waals surface area (Å²) in [4.78, 5) is 20.5. The highest BCUT2D eigenvalue weighted by Gasteiger charge is 2.11. The number of rotatable bonds is 11. The first-order valence-corrected chi connectivity index (χ1v) is 9.07. The quantitative estimate of drug-likeness (QED) is 0.414. The molecule has 0 bridgehead atoms. The van der Waals surface area contributed by atoms with E-state index in [4.69, 9.17) is 4.74 Å². The minimum Gasteiger partial charge on any atom is -0.405 e. The van der Waals surface area contributed by atoms with E-state index in [0.29, 0.717) is 18.0 Å². The van der Waals surface area contributed by atoms with Gasteiger partial charge >= 0.3 is 5.97 Å². The van der Waals surface area contributed by atoms with Gasteiger partial charge in [-0.1, -0.05) is 58.3 Å². The molecule has 1 rings (SSSR count). The number of esters is 1. The number of aromatic nitrogens is 2. The first-order chi connectivity index (χ1) is 11.0. The first kappa shape index (κ1) is 19.6. The van der Waals surface area contributed by atoms with Crippen LogP contribution in [-0.4, -0.2) is 15.9 Å². The maximum Gasteiger partial charge on any atom is 0.312 e. The molecule has 0 fully saturated rings. The topological polar surface area (TPSA) is 52.1 Å². The van der Waals surface area contributed by atoms with Crippen molar-refractivity contribution < 1.29 is 9.53 Å². The Morgan fingerprint density at radius 2 is 1.30 bits per heavy atom. The number of hydrogen-bond acceptors (Lipinski definition) is 4. The van der Waals surface area contributed by atoms with Crippen LogP contribution in [0.3, 0.4) is 0 Å². The molecule has 0 aliphatic heterocycles. The van der Waals surface area contributed by atoms with Crippen molar-refractivity contribution in [2.24, 2.45) is 0 Å². The molecule has 0 aliphatic rings. The van der Waals surface area contributed by atoms with Crippen molar-refractivity contribution in [1.29, 1.82) is 0 Å². The SMILES string of the molecule is CCCCCCCCCCCC(=O)Oc1nc(C)c(C)nc1C. The molecule has 0 unspecified atom stereocenters. The van der Waals surface area contributed by atoms with Crippen molar-refractivity contribution in [3.8, 4) is 5.88 Å². The first-order valence-electron chi connectivity index (χ1n) is 9.07. The lowest BCUT2D eigenvalue weighted by Crippen LogP contribution is -2.11. The van der Waals surface area contributed by atoms with Crippen molar-refractivity contribution in [2.75, 3.05) is 0 Å². The van der Waals surface area contributed by atoms with Crippen molar-refractivity contribution in [3.05, 3.63) is 17.1 Å². The highest BCUT2D eigenvalue weighted by atomic mass is 16.5. The van der Waals surface area contributed by atoms with Crippen LogP contribution in [0.15, 0.2) is 0 Å². The summed E-state index contributed by atoms with van der Waals surface area (Å²) in [6, 6.07) is 0. The Labute approximate surface area is 141 Å². The molecule has 0 N–H and O–H groups in total. The predicted molar refractivity (Wildman–Crippen MR) is 93.7 cm³/mol. The molecular weight excluding hydrogens is 288 g/mol. The Bertz CT molecular complexity index is 487. The molecule has 0 atom stereocenters. The van der Waals surface area contributed by atoms with E-state index in [0.717, 1.165) is 24.2 Å². The van der Waals surface area contributed by atoms with Crippen LogP contribution in [0, 0.1) is 20.8 Å². The smallest absolute Gasteiger partial charge is 0.312 e. The van der Waals surface area contributed by atoms with Crippen LogP contribution < -0.4 is 4.74 Å². The van der Waals surface area contributed by atoms with Crippen molar-refractivity contribution >= 4 is 5.97 Å². The van der Waals surface area contributed by atoms with Gasteiger partial charge in [0.15, 0.2) is 0 Å². The monoisotopic (exact) mass is 320 g/mol. The van der Waals surface area contributed by atoms with Crippen molar-refractivity contribution in [2.45, 2.75) is 91.9 Å². The lowest BCUT2D eigenvalue weighted by Gasteiger charge is -2.08. The Hall–Kier alpha value is -1.45. The average Bonchev–Trinajstić information content (AvgIpc) is 2.51. The van der Waals surface area contributed by atoms with Crippen LogP contribution in [0.5, 0.6) is 5.88 Å². The number of carbonyl (C=O) groups excluding carboxylic acids is 1. The second-order valence-electron chi connectivity index (χ2n) is 6.34. The summed E-state index contributed by atoms with van der Waals surface area (Å²) in [6.45, 7) is 7.84. The third-order valence-electron chi connectivity index (χ3n) is 4.13. The van der Waals surface area contributed by atoms with Crippen LogP contribution >= 0.6 is 0 Å². The molecule has 1 heterocycles. The zero-order valence-electron chi connectivity index (χ0n) is 15.3. The lowest BCUT2D eigenvalue weighted by molar-refractivity contribution is -0.134. The van der Waals surface area contributed by atoms with E-state index in [-0.39, 0.29) is 5.97 Å². The van der Waals surface area contributed by atoms with Gasteiger partial charge in [-0.05, 0) is 27.2 Å². The Morgan fingerprint density at radius 3 is 1.91 bits per heavy atom. The number of nitrogens with zero attached hydrogens (tertiary/aromatic N) is 2. The van der Waals surface area contributed by atoms with Gasteiger partial charge in [-0.3, -0.25) is 9.78 Å². The number of carbonyl (C=O) groups is 1. The fourth-order valence-corrected chi connectivity index (χ4v) is 2.53. The molecule has 0 aromatic carbocycles. The summed E-state index contributed by atoms with van der Waals surface area (Å²) in [6.07, 6.45) is 11.6. The summed E-state index contributed by atoms with van der Waals surface area (Å²) < 4.78 is 5.34. The molecule has 130 valence electrons. The highest BCUT2D eigenvalue weighted by molar-refractivity contribution is 5.72. The second-order valence-corrected chi connectivity index (χ2v) is 6.34. The number of hydrogen-bond donors (Lipinski definition) is 0. The summed E-state index contributed by atoms with van der Waals surface area (Å²) in [5, 5.41) is 0. The summed E-state index contributed by atoms with van der Waals surface area (Å²) in [5.74, 6) is 0.155. The molecule has 0 saturated carbocycles. The zero-order chi connectivity index (χ0) is 17.1. The van der Waals surface area contributed by atoms with Crippen LogP contribution in [0.2, 0.25) is 0 Å². The highest BCUT2D eigenvalue weighted by Crippen LogP contribution is 2.16. The largest absolute Gasteiger partial charge is 0.405 e. The Balaban J connectivity index is 2.14. The maximum atomic E-state index is 11.9. The summed E-state index contributed by atoms with van der Waals surface area (Å²) in [5.41, 5.74) is 2.36. The van der Waals surface area contributed by atoms with Crippen LogP contribution in [0.1, 0.15) is 88.2 Å². The predicted octanol–water partition coefficient (Wildman–Crippen LogP) is 5.23. The van der Waals surface area contributed by atoms with Gasteiger partial charge in [-0.25, -0.2) is 4.98 Å². The van der Waals surface area contributed by atoms with E-state index in [2.05, 4.69) is 16.9 Å². The normalized spacial score (nSPS) is 10.8. The van der Waals surface area contributed by atoms with E-state index in [1.165, 1.54) is 44.9 Å². The van der Waals surface area contributed by atoms with Gasteiger partial charge in [-0.2, -0.15) is 0 Å². The number of ether oxygens (including phenoxy) is 1. The van der Waals surface area contributed by atoms with Gasteiger partial charge in [0.1, 0.15) is 5.69 Å². The number of aryl methyl sites for hydroxylation is 3.